The van der Waals surface area contributed by atoms with E-state index >= 15 is 0 Å². The van der Waals surface area contributed by atoms with Gasteiger partial charge in [0.1, 0.15) is 22.1 Å². The van der Waals surface area contributed by atoms with Gasteiger partial charge in [0, 0.05) is 37.3 Å². The molecular formula is C22H23N3O4S2. The fraction of sp³-hybridized carbons (Fsp3) is 0.227. The van der Waals surface area contributed by atoms with E-state index in [4.69, 9.17) is 4.74 Å². The highest BCUT2D eigenvalue weighted by molar-refractivity contribution is 7.99. The number of aromatic amines is 1. The number of nitrogens with one attached hydrogen (secondary N) is 2. The number of sulfonamides is 1. The van der Waals surface area contributed by atoms with Crippen molar-refractivity contribution in [2.45, 2.75) is 11.4 Å². The Labute approximate surface area is 185 Å². The minimum Gasteiger partial charge on any atom is -0.457 e. The molecule has 0 bridgehead atoms. The van der Waals surface area contributed by atoms with E-state index in [9.17, 15) is 13.2 Å². The molecule has 4 rings (SSSR count). The third kappa shape index (κ3) is 5.30. The number of carbonyl (C=O) groups is 1. The minimum absolute atomic E-state index is 0.114. The summed E-state index contributed by atoms with van der Waals surface area (Å²) in [5.41, 5.74) is 1.08. The molecule has 2 heterocycles. The van der Waals surface area contributed by atoms with Crippen LogP contribution in [0.2, 0.25) is 0 Å². The Hall–Kier alpha value is -2.75. The summed E-state index contributed by atoms with van der Waals surface area (Å²) in [6, 6.07) is 18.3. The zero-order valence-electron chi connectivity index (χ0n) is 16.8. The lowest BCUT2D eigenvalue weighted by molar-refractivity contribution is 0.0946. The molecule has 162 valence electrons. The summed E-state index contributed by atoms with van der Waals surface area (Å²) in [4.78, 5) is 15.4. The Morgan fingerprint density at radius 1 is 1.03 bits per heavy atom. The van der Waals surface area contributed by atoms with Crippen LogP contribution in [0.25, 0.3) is 0 Å². The molecule has 1 saturated heterocycles. The first-order valence-electron chi connectivity index (χ1n) is 9.89. The van der Waals surface area contributed by atoms with Crippen LogP contribution >= 0.6 is 11.8 Å². The second-order valence-electron chi connectivity index (χ2n) is 7.01. The molecule has 0 unspecified atom stereocenters. The fourth-order valence-electron chi connectivity index (χ4n) is 3.21. The summed E-state index contributed by atoms with van der Waals surface area (Å²) in [5, 5.41) is 2.81. The van der Waals surface area contributed by atoms with Crippen LogP contribution < -0.4 is 10.1 Å². The molecule has 0 aliphatic carbocycles. The fourth-order valence-corrected chi connectivity index (χ4v) is 5.78. The van der Waals surface area contributed by atoms with Gasteiger partial charge in [-0.25, -0.2) is 8.42 Å². The Kier molecular flexibility index (Phi) is 6.64. The molecule has 9 heteroatoms. The summed E-state index contributed by atoms with van der Waals surface area (Å²) < 4.78 is 32.8. The second-order valence-corrected chi connectivity index (χ2v) is 10.2. The standard InChI is InChI=1S/C22H23N3O4S2/c26-22(21-14-20(16-23-21)31(27,28)25-9-11-30-12-10-25)24-15-17-5-4-8-19(13-17)29-18-6-2-1-3-7-18/h1-8,13-14,16,23H,9-12,15H2,(H,24,26). The Balaban J connectivity index is 1.38. The lowest BCUT2D eigenvalue weighted by atomic mass is 10.2. The van der Waals surface area contributed by atoms with Crippen LogP contribution in [-0.4, -0.2) is 48.2 Å². The van der Waals surface area contributed by atoms with Gasteiger partial charge in [-0.2, -0.15) is 16.1 Å². The largest absolute Gasteiger partial charge is 0.457 e. The normalized spacial score (nSPS) is 14.8. The number of hydrogen-bond donors (Lipinski definition) is 2. The predicted octanol–water partition coefficient (Wildman–Crippen LogP) is 3.47. The molecule has 0 saturated carbocycles. The predicted molar refractivity (Wildman–Crippen MR) is 121 cm³/mol. The summed E-state index contributed by atoms with van der Waals surface area (Å²) in [6.45, 7) is 1.26. The number of ether oxygens (including phenoxy) is 1. The Morgan fingerprint density at radius 3 is 2.55 bits per heavy atom. The SMILES string of the molecule is O=C(NCc1cccc(Oc2ccccc2)c1)c1cc(S(=O)(=O)N2CCSCC2)c[nH]1. The van der Waals surface area contributed by atoms with Gasteiger partial charge in [-0.05, 0) is 35.9 Å². The first kappa shape index (κ1) is 21.5. The van der Waals surface area contributed by atoms with Crippen LogP contribution in [0.5, 0.6) is 11.5 Å². The number of hydrogen-bond acceptors (Lipinski definition) is 5. The number of para-hydroxylation sites is 1. The smallest absolute Gasteiger partial charge is 0.268 e. The van der Waals surface area contributed by atoms with Gasteiger partial charge in [-0.15, -0.1) is 0 Å². The number of benzene rings is 2. The molecule has 7 nitrogen and oxygen atoms in total. The zero-order chi connectivity index (χ0) is 21.7. The van der Waals surface area contributed by atoms with E-state index in [0.717, 1.165) is 22.8 Å². The maximum Gasteiger partial charge on any atom is 0.268 e. The molecule has 0 atom stereocenters. The van der Waals surface area contributed by atoms with Crippen molar-refractivity contribution >= 4 is 27.7 Å². The molecule has 0 radical (unpaired) electrons. The molecule has 2 aromatic carbocycles. The van der Waals surface area contributed by atoms with Crippen LogP contribution in [0.1, 0.15) is 16.1 Å². The van der Waals surface area contributed by atoms with Gasteiger partial charge in [0.25, 0.3) is 5.91 Å². The monoisotopic (exact) mass is 457 g/mol. The number of aromatic nitrogens is 1. The molecule has 0 spiro atoms. The first-order chi connectivity index (χ1) is 15.0. The molecule has 31 heavy (non-hydrogen) atoms. The Bertz CT molecular complexity index is 1140. The van der Waals surface area contributed by atoms with Crippen LogP contribution in [0.4, 0.5) is 0 Å². The minimum atomic E-state index is -3.58. The number of nitrogens with zero attached hydrogens (tertiary/aromatic N) is 1. The van der Waals surface area contributed by atoms with Crippen molar-refractivity contribution in [1.29, 1.82) is 0 Å². The lowest BCUT2D eigenvalue weighted by Crippen LogP contribution is -2.37. The number of H-pyrrole nitrogens is 1. The number of rotatable bonds is 7. The van der Waals surface area contributed by atoms with Crippen LogP contribution in [0.3, 0.4) is 0 Å². The van der Waals surface area contributed by atoms with Crippen molar-refractivity contribution in [3.63, 3.8) is 0 Å². The van der Waals surface area contributed by atoms with E-state index in [2.05, 4.69) is 10.3 Å². The highest BCUT2D eigenvalue weighted by Gasteiger charge is 2.27. The highest BCUT2D eigenvalue weighted by Crippen LogP contribution is 2.23. The third-order valence-electron chi connectivity index (χ3n) is 4.84. The van der Waals surface area contributed by atoms with Crippen molar-refractivity contribution in [3.8, 4) is 11.5 Å². The van der Waals surface area contributed by atoms with Crippen molar-refractivity contribution in [2.75, 3.05) is 24.6 Å². The molecule has 1 aliphatic heterocycles. The second kappa shape index (κ2) is 9.59. The number of amides is 1. The first-order valence-corrected chi connectivity index (χ1v) is 12.5. The maximum atomic E-state index is 12.7. The summed E-state index contributed by atoms with van der Waals surface area (Å²) in [5.74, 6) is 2.60. The summed E-state index contributed by atoms with van der Waals surface area (Å²) >= 11 is 1.74. The zero-order valence-corrected chi connectivity index (χ0v) is 18.4. The van der Waals surface area contributed by atoms with E-state index in [1.54, 1.807) is 11.8 Å². The average Bonchev–Trinajstić information content (AvgIpc) is 3.30. The number of thioether (sulfide) groups is 1. The van der Waals surface area contributed by atoms with Crippen molar-refractivity contribution in [1.82, 2.24) is 14.6 Å². The third-order valence-corrected chi connectivity index (χ3v) is 7.66. The van der Waals surface area contributed by atoms with Gasteiger partial charge in [-0.3, -0.25) is 4.79 Å². The summed E-state index contributed by atoms with van der Waals surface area (Å²) in [7, 11) is -3.58. The molecule has 1 fully saturated rings. The van der Waals surface area contributed by atoms with E-state index in [1.807, 2.05) is 54.6 Å². The highest BCUT2D eigenvalue weighted by atomic mass is 32.2. The van der Waals surface area contributed by atoms with Gasteiger partial charge in [-0.1, -0.05) is 30.3 Å². The molecular weight excluding hydrogens is 434 g/mol. The van der Waals surface area contributed by atoms with Crippen molar-refractivity contribution < 1.29 is 17.9 Å². The van der Waals surface area contributed by atoms with Crippen LogP contribution in [0, 0.1) is 0 Å². The van der Waals surface area contributed by atoms with E-state index in [-0.39, 0.29) is 23.0 Å². The number of carbonyl (C=O) groups excluding carboxylic acids is 1. The Morgan fingerprint density at radius 2 is 1.77 bits per heavy atom. The average molecular weight is 458 g/mol. The van der Waals surface area contributed by atoms with Crippen molar-refractivity contribution in [2.24, 2.45) is 0 Å². The quantitative estimate of drug-likeness (QED) is 0.567. The molecule has 1 amide bonds. The topological polar surface area (TPSA) is 91.5 Å². The molecule has 2 N–H and O–H groups in total. The van der Waals surface area contributed by atoms with Crippen LogP contribution in [0.15, 0.2) is 71.8 Å². The summed E-state index contributed by atoms with van der Waals surface area (Å²) in [6.07, 6.45) is 1.38. The van der Waals surface area contributed by atoms with E-state index in [0.29, 0.717) is 18.8 Å². The van der Waals surface area contributed by atoms with Gasteiger partial charge in [0.15, 0.2) is 0 Å². The molecule has 1 aliphatic rings. The van der Waals surface area contributed by atoms with Gasteiger partial charge < -0.3 is 15.0 Å². The maximum absolute atomic E-state index is 12.7. The van der Waals surface area contributed by atoms with Gasteiger partial charge in [0.2, 0.25) is 10.0 Å². The van der Waals surface area contributed by atoms with Crippen LogP contribution in [-0.2, 0) is 16.6 Å². The van der Waals surface area contributed by atoms with Gasteiger partial charge in [0.05, 0.1) is 0 Å². The van der Waals surface area contributed by atoms with E-state index in [1.165, 1.54) is 16.6 Å². The van der Waals surface area contributed by atoms with Crippen molar-refractivity contribution in [3.05, 3.63) is 78.1 Å². The van der Waals surface area contributed by atoms with E-state index < -0.39 is 10.0 Å². The molecule has 1 aromatic heterocycles. The molecule has 3 aromatic rings. The van der Waals surface area contributed by atoms with Gasteiger partial charge >= 0.3 is 0 Å². The lowest BCUT2D eigenvalue weighted by Gasteiger charge is -2.24.